The molecule has 1 fully saturated rings. The van der Waals surface area contributed by atoms with Crippen LogP contribution in [0, 0.1) is 5.82 Å². The lowest BCUT2D eigenvalue weighted by Gasteiger charge is -2.34. The normalized spacial score (nSPS) is 16.7. The third-order valence-electron chi connectivity index (χ3n) is 5.80. The lowest BCUT2D eigenvalue weighted by molar-refractivity contribution is -0.135. The van der Waals surface area contributed by atoms with E-state index >= 15 is 0 Å². The van der Waals surface area contributed by atoms with Crippen LogP contribution in [0.15, 0.2) is 65.1 Å². The number of fused-ring (bicyclic) bond motifs is 1. The molecule has 0 radical (unpaired) electrons. The highest BCUT2D eigenvalue weighted by Gasteiger charge is 2.30. The Kier molecular flexibility index (Phi) is 5.55. The summed E-state index contributed by atoms with van der Waals surface area (Å²) in [7, 11) is 0. The van der Waals surface area contributed by atoms with E-state index < -0.39 is 0 Å². The number of likely N-dealkylation sites (tertiary alicyclic amines) is 1. The Hall–Kier alpha value is -2.99. The first-order valence-electron chi connectivity index (χ1n) is 10.7. The quantitative estimate of drug-likeness (QED) is 0.366. The van der Waals surface area contributed by atoms with Gasteiger partial charge in [-0.2, -0.15) is 0 Å². The largest absolute Gasteiger partial charge is 0.461 e. The molecule has 1 aliphatic heterocycles. The highest BCUT2D eigenvalue weighted by atomic mass is 32.1. The Bertz CT molecular complexity index is 1180. The summed E-state index contributed by atoms with van der Waals surface area (Å²) in [4.78, 5) is 19.9. The summed E-state index contributed by atoms with van der Waals surface area (Å²) in [5, 5.41) is 1.02. The van der Waals surface area contributed by atoms with Crippen LogP contribution in [0.2, 0.25) is 0 Å². The van der Waals surface area contributed by atoms with Gasteiger partial charge >= 0.3 is 0 Å². The van der Waals surface area contributed by atoms with E-state index in [9.17, 15) is 9.18 Å². The molecule has 158 valence electrons. The van der Waals surface area contributed by atoms with Gasteiger partial charge in [0.25, 0.3) is 0 Å². The number of furan rings is 1. The van der Waals surface area contributed by atoms with Crippen molar-refractivity contribution in [3.05, 3.63) is 77.2 Å². The van der Waals surface area contributed by atoms with E-state index in [0.717, 1.165) is 41.0 Å². The summed E-state index contributed by atoms with van der Waals surface area (Å²) in [6.07, 6.45) is 3.94. The molecule has 0 bridgehead atoms. The van der Waals surface area contributed by atoms with Crippen molar-refractivity contribution in [1.82, 2.24) is 9.88 Å². The molecule has 3 heterocycles. The summed E-state index contributed by atoms with van der Waals surface area (Å²) >= 11 is 1.68. The number of aromatic nitrogens is 1. The van der Waals surface area contributed by atoms with Crippen LogP contribution in [0.3, 0.4) is 0 Å². The zero-order valence-corrected chi connectivity index (χ0v) is 17.9. The van der Waals surface area contributed by atoms with Crippen molar-refractivity contribution >= 4 is 27.5 Å². The van der Waals surface area contributed by atoms with Gasteiger partial charge in [0.2, 0.25) is 5.91 Å². The number of piperidine rings is 1. The van der Waals surface area contributed by atoms with E-state index in [-0.39, 0.29) is 17.8 Å². The second-order valence-electron chi connectivity index (χ2n) is 7.86. The van der Waals surface area contributed by atoms with Crippen LogP contribution in [0.25, 0.3) is 21.5 Å². The average molecular weight is 435 g/mol. The number of hydrogen-bond donors (Lipinski definition) is 0. The number of benzene rings is 2. The molecule has 4 nitrogen and oxygen atoms in total. The first-order chi connectivity index (χ1) is 15.2. The number of carbonyl (C=O) groups excluding carboxylic acids is 1. The molecule has 0 spiro atoms. The third kappa shape index (κ3) is 4.12. The maximum absolute atomic E-state index is 14.0. The maximum atomic E-state index is 14.0. The second-order valence-corrected chi connectivity index (χ2v) is 8.93. The fourth-order valence-corrected chi connectivity index (χ4v) is 5.33. The smallest absolute Gasteiger partial charge is 0.223 e. The van der Waals surface area contributed by atoms with Crippen LogP contribution in [-0.2, 0) is 11.2 Å². The molecule has 4 aromatic rings. The number of para-hydroxylation sites is 1. The molecule has 5 rings (SSSR count). The molecule has 31 heavy (non-hydrogen) atoms. The lowest BCUT2D eigenvalue weighted by Crippen LogP contribution is -2.38. The number of carbonyl (C=O) groups is 1. The monoisotopic (exact) mass is 434 g/mol. The predicted octanol–water partition coefficient (Wildman–Crippen LogP) is 6.38. The maximum Gasteiger partial charge on any atom is 0.223 e. The van der Waals surface area contributed by atoms with Crippen LogP contribution >= 0.6 is 11.3 Å². The first kappa shape index (κ1) is 19.9. The Morgan fingerprint density at radius 1 is 1.10 bits per heavy atom. The Morgan fingerprint density at radius 3 is 2.81 bits per heavy atom. The van der Waals surface area contributed by atoms with Gasteiger partial charge in [-0.25, -0.2) is 9.37 Å². The minimum absolute atomic E-state index is 0.0456. The Labute approximate surface area is 184 Å². The van der Waals surface area contributed by atoms with Gasteiger partial charge in [-0.1, -0.05) is 24.3 Å². The number of rotatable bonds is 5. The van der Waals surface area contributed by atoms with Crippen LogP contribution < -0.4 is 0 Å². The fourth-order valence-electron chi connectivity index (χ4n) is 4.21. The van der Waals surface area contributed by atoms with Crippen LogP contribution in [0.1, 0.15) is 42.5 Å². The summed E-state index contributed by atoms with van der Waals surface area (Å²) in [6, 6.07) is 18.3. The topological polar surface area (TPSA) is 46.3 Å². The van der Waals surface area contributed by atoms with Crippen molar-refractivity contribution in [2.75, 3.05) is 6.54 Å². The molecule has 1 atom stereocenters. The van der Waals surface area contributed by atoms with Gasteiger partial charge < -0.3 is 9.32 Å². The predicted molar refractivity (Wildman–Crippen MR) is 120 cm³/mol. The van der Waals surface area contributed by atoms with Gasteiger partial charge in [0, 0.05) is 19.4 Å². The van der Waals surface area contributed by atoms with Crippen molar-refractivity contribution in [2.24, 2.45) is 0 Å². The van der Waals surface area contributed by atoms with E-state index in [1.165, 1.54) is 6.07 Å². The van der Waals surface area contributed by atoms with Crippen LogP contribution in [-0.4, -0.2) is 22.3 Å². The molecule has 1 unspecified atom stereocenters. The van der Waals surface area contributed by atoms with Crippen LogP contribution in [0.5, 0.6) is 0 Å². The Morgan fingerprint density at radius 2 is 1.94 bits per heavy atom. The summed E-state index contributed by atoms with van der Waals surface area (Å²) in [6.45, 7) is 0.762. The highest BCUT2D eigenvalue weighted by Crippen LogP contribution is 2.36. The summed E-state index contributed by atoms with van der Waals surface area (Å²) < 4.78 is 21.0. The van der Waals surface area contributed by atoms with E-state index in [1.807, 2.05) is 29.2 Å². The molecular weight excluding hydrogens is 411 g/mol. The lowest BCUT2D eigenvalue weighted by atomic mass is 10.0. The molecule has 1 saturated heterocycles. The van der Waals surface area contributed by atoms with Crippen molar-refractivity contribution in [1.29, 1.82) is 0 Å². The Balaban J connectivity index is 1.28. The molecule has 1 aliphatic rings. The summed E-state index contributed by atoms with van der Waals surface area (Å²) in [5.74, 6) is 0.991. The zero-order valence-electron chi connectivity index (χ0n) is 17.1. The van der Waals surface area contributed by atoms with E-state index in [2.05, 4.69) is 6.07 Å². The van der Waals surface area contributed by atoms with Crippen molar-refractivity contribution < 1.29 is 13.6 Å². The third-order valence-corrected chi connectivity index (χ3v) is 6.94. The average Bonchev–Trinajstić information content (AvgIpc) is 3.45. The van der Waals surface area contributed by atoms with E-state index in [0.29, 0.717) is 29.9 Å². The number of hydrogen-bond acceptors (Lipinski definition) is 4. The fraction of sp³-hybridized carbons (Fsp3) is 0.280. The molecule has 0 aliphatic carbocycles. The number of nitrogens with zero attached hydrogens (tertiary/aromatic N) is 2. The van der Waals surface area contributed by atoms with E-state index in [1.54, 1.807) is 35.6 Å². The van der Waals surface area contributed by atoms with E-state index in [4.69, 9.17) is 9.40 Å². The molecule has 0 saturated carbocycles. The van der Waals surface area contributed by atoms with Gasteiger partial charge in [0.05, 0.1) is 21.8 Å². The van der Waals surface area contributed by atoms with Crippen LogP contribution in [0.4, 0.5) is 4.39 Å². The molecule has 1 amide bonds. The SMILES string of the molecule is O=C(CCc1ccc(-c2ccccc2F)o1)N1CCCCC1c1nc2ccccc2s1. The number of amides is 1. The van der Waals surface area contributed by atoms with Gasteiger partial charge in [-0.3, -0.25) is 4.79 Å². The molecule has 0 N–H and O–H groups in total. The molecule has 2 aromatic carbocycles. The molecular formula is C25H23FN2O2S. The molecule has 2 aromatic heterocycles. The van der Waals surface area contributed by atoms with Gasteiger partial charge in [-0.15, -0.1) is 11.3 Å². The van der Waals surface area contributed by atoms with Crippen molar-refractivity contribution in [2.45, 2.75) is 38.1 Å². The minimum atomic E-state index is -0.313. The van der Waals surface area contributed by atoms with Crippen molar-refractivity contribution in [3.8, 4) is 11.3 Å². The second kappa shape index (κ2) is 8.63. The highest BCUT2D eigenvalue weighted by molar-refractivity contribution is 7.18. The van der Waals surface area contributed by atoms with Gasteiger partial charge in [0.15, 0.2) is 0 Å². The minimum Gasteiger partial charge on any atom is -0.461 e. The summed E-state index contributed by atoms with van der Waals surface area (Å²) in [5.41, 5.74) is 1.43. The number of halogens is 1. The molecule has 6 heteroatoms. The van der Waals surface area contributed by atoms with Crippen molar-refractivity contribution in [3.63, 3.8) is 0 Å². The standard InChI is InChI=1S/C25H23FN2O2S/c26-19-8-2-1-7-18(19)22-14-12-17(30-22)13-15-24(29)28-16-6-5-10-21(28)25-27-20-9-3-4-11-23(20)31-25/h1-4,7-9,11-12,14,21H,5-6,10,13,15-16H2. The number of aryl methyl sites for hydroxylation is 1. The first-order valence-corrected chi connectivity index (χ1v) is 11.5. The van der Waals surface area contributed by atoms with Gasteiger partial charge in [-0.05, 0) is 55.7 Å². The zero-order chi connectivity index (χ0) is 21.2. The van der Waals surface area contributed by atoms with Gasteiger partial charge in [0.1, 0.15) is 22.3 Å². The number of thiazole rings is 1.